The lowest BCUT2D eigenvalue weighted by molar-refractivity contribution is -0.132. The molecule has 2 N–H and O–H groups in total. The van der Waals surface area contributed by atoms with Crippen LogP contribution in [0.1, 0.15) is 18.0 Å². The third kappa shape index (κ3) is 3.32. The van der Waals surface area contributed by atoms with E-state index in [-0.39, 0.29) is 24.0 Å². The molecule has 1 fully saturated rings. The SMILES string of the molecule is Cn1cc(C(N)C(=O)N2CCCS(=O)(=O)CC2)cn1. The molecule has 1 aliphatic heterocycles. The molecular formula is C11H18N4O3S. The van der Waals surface area contributed by atoms with E-state index in [2.05, 4.69) is 5.10 Å². The highest BCUT2D eigenvalue weighted by Crippen LogP contribution is 2.14. The Bertz CT molecular complexity index is 566. The minimum absolute atomic E-state index is 0.0124. The number of amides is 1. The van der Waals surface area contributed by atoms with Crippen molar-refractivity contribution in [3.63, 3.8) is 0 Å². The molecule has 8 heteroatoms. The minimum atomic E-state index is -3.02. The van der Waals surface area contributed by atoms with Gasteiger partial charge in [0.05, 0.1) is 17.7 Å². The van der Waals surface area contributed by atoms with Crippen molar-refractivity contribution in [3.8, 4) is 0 Å². The average molecular weight is 286 g/mol. The summed E-state index contributed by atoms with van der Waals surface area (Å²) in [5, 5.41) is 3.98. The van der Waals surface area contributed by atoms with Gasteiger partial charge in [-0.3, -0.25) is 9.48 Å². The normalized spacial score (nSPS) is 20.8. The van der Waals surface area contributed by atoms with Gasteiger partial charge in [-0.2, -0.15) is 5.10 Å². The lowest BCUT2D eigenvalue weighted by atomic mass is 10.1. The molecule has 0 spiro atoms. The van der Waals surface area contributed by atoms with Gasteiger partial charge in [0.2, 0.25) is 5.91 Å². The lowest BCUT2D eigenvalue weighted by Gasteiger charge is -2.22. The Morgan fingerprint density at radius 1 is 1.42 bits per heavy atom. The van der Waals surface area contributed by atoms with Gasteiger partial charge in [-0.1, -0.05) is 0 Å². The van der Waals surface area contributed by atoms with E-state index in [0.29, 0.717) is 18.5 Å². The quantitative estimate of drug-likeness (QED) is 0.757. The van der Waals surface area contributed by atoms with Crippen LogP contribution >= 0.6 is 0 Å². The van der Waals surface area contributed by atoms with Crippen LogP contribution in [0.5, 0.6) is 0 Å². The summed E-state index contributed by atoms with van der Waals surface area (Å²) in [7, 11) is -1.27. The van der Waals surface area contributed by atoms with Gasteiger partial charge in [0, 0.05) is 31.9 Å². The van der Waals surface area contributed by atoms with E-state index >= 15 is 0 Å². The van der Waals surface area contributed by atoms with E-state index < -0.39 is 15.9 Å². The molecule has 1 unspecified atom stereocenters. The minimum Gasteiger partial charge on any atom is -0.340 e. The van der Waals surface area contributed by atoms with Gasteiger partial charge in [-0.15, -0.1) is 0 Å². The summed E-state index contributed by atoms with van der Waals surface area (Å²) in [5.41, 5.74) is 6.55. The van der Waals surface area contributed by atoms with Crippen molar-refractivity contribution in [3.05, 3.63) is 18.0 Å². The van der Waals surface area contributed by atoms with Crippen molar-refractivity contribution in [1.29, 1.82) is 0 Å². The van der Waals surface area contributed by atoms with Gasteiger partial charge >= 0.3 is 0 Å². The number of carbonyl (C=O) groups excluding carboxylic acids is 1. The Morgan fingerprint density at radius 2 is 2.16 bits per heavy atom. The molecule has 1 aromatic heterocycles. The molecule has 2 rings (SSSR count). The van der Waals surface area contributed by atoms with Crippen LogP contribution < -0.4 is 5.73 Å². The van der Waals surface area contributed by atoms with E-state index in [1.54, 1.807) is 24.1 Å². The Labute approximate surface area is 112 Å². The first-order valence-electron chi connectivity index (χ1n) is 6.12. The van der Waals surface area contributed by atoms with E-state index in [1.165, 1.54) is 4.90 Å². The summed E-state index contributed by atoms with van der Waals surface area (Å²) in [6, 6.07) is -0.783. The van der Waals surface area contributed by atoms with Gasteiger partial charge in [-0.25, -0.2) is 8.42 Å². The molecule has 0 radical (unpaired) electrons. The molecular weight excluding hydrogens is 268 g/mol. The fourth-order valence-electron chi connectivity index (χ4n) is 2.10. The van der Waals surface area contributed by atoms with E-state index in [1.807, 2.05) is 0 Å². The maximum Gasteiger partial charge on any atom is 0.244 e. The maximum absolute atomic E-state index is 12.2. The zero-order chi connectivity index (χ0) is 14.0. The van der Waals surface area contributed by atoms with Crippen molar-refractivity contribution in [2.24, 2.45) is 12.8 Å². The predicted octanol–water partition coefficient (Wildman–Crippen LogP) is -0.933. The van der Waals surface area contributed by atoms with Crippen LogP contribution in [0.15, 0.2) is 12.4 Å². The Morgan fingerprint density at radius 3 is 2.79 bits per heavy atom. The van der Waals surface area contributed by atoms with Crippen molar-refractivity contribution < 1.29 is 13.2 Å². The predicted molar refractivity (Wildman–Crippen MR) is 70.0 cm³/mol. The number of sulfone groups is 1. The summed E-state index contributed by atoms with van der Waals surface area (Å²) in [4.78, 5) is 13.8. The number of rotatable bonds is 2. The second-order valence-corrected chi connectivity index (χ2v) is 7.06. The van der Waals surface area contributed by atoms with E-state index in [9.17, 15) is 13.2 Å². The van der Waals surface area contributed by atoms with Crippen LogP contribution in [0.4, 0.5) is 0 Å². The first kappa shape index (κ1) is 14.0. The molecule has 19 heavy (non-hydrogen) atoms. The lowest BCUT2D eigenvalue weighted by Crippen LogP contribution is -2.40. The van der Waals surface area contributed by atoms with Crippen molar-refractivity contribution in [1.82, 2.24) is 14.7 Å². The summed E-state index contributed by atoms with van der Waals surface area (Å²) in [6.07, 6.45) is 3.71. The molecule has 1 aliphatic rings. The second-order valence-electron chi connectivity index (χ2n) is 4.76. The fourth-order valence-corrected chi connectivity index (χ4v) is 3.37. The number of nitrogens with two attached hydrogens (primary N) is 1. The molecule has 1 atom stereocenters. The smallest absolute Gasteiger partial charge is 0.244 e. The number of hydrogen-bond acceptors (Lipinski definition) is 5. The van der Waals surface area contributed by atoms with Crippen molar-refractivity contribution >= 4 is 15.7 Å². The fraction of sp³-hybridized carbons (Fsp3) is 0.636. The Kier molecular flexibility index (Phi) is 3.91. The monoisotopic (exact) mass is 286 g/mol. The van der Waals surface area contributed by atoms with Gasteiger partial charge in [0.15, 0.2) is 9.84 Å². The number of aryl methyl sites for hydroxylation is 1. The molecule has 1 saturated heterocycles. The zero-order valence-electron chi connectivity index (χ0n) is 10.8. The van der Waals surface area contributed by atoms with Crippen LogP contribution in [-0.4, -0.2) is 53.6 Å². The van der Waals surface area contributed by atoms with Crippen LogP contribution in [-0.2, 0) is 21.7 Å². The summed E-state index contributed by atoms with van der Waals surface area (Å²) in [6.45, 7) is 0.654. The molecule has 106 valence electrons. The first-order valence-corrected chi connectivity index (χ1v) is 7.94. The molecule has 0 aromatic carbocycles. The van der Waals surface area contributed by atoms with Crippen molar-refractivity contribution in [2.45, 2.75) is 12.5 Å². The van der Waals surface area contributed by atoms with Gasteiger partial charge < -0.3 is 10.6 Å². The van der Waals surface area contributed by atoms with Gasteiger partial charge in [0.1, 0.15) is 6.04 Å². The highest BCUT2D eigenvalue weighted by Gasteiger charge is 2.27. The molecule has 0 aliphatic carbocycles. The van der Waals surface area contributed by atoms with Crippen LogP contribution in [0.3, 0.4) is 0 Å². The topological polar surface area (TPSA) is 98.3 Å². The largest absolute Gasteiger partial charge is 0.340 e. The standard InChI is InChI=1S/C11H18N4O3S/c1-14-8-9(7-13-14)10(12)11(16)15-3-2-5-19(17,18)6-4-15/h7-8,10H,2-6,12H2,1H3. The second kappa shape index (κ2) is 5.30. The maximum atomic E-state index is 12.2. The number of aromatic nitrogens is 2. The molecule has 7 nitrogen and oxygen atoms in total. The number of hydrogen-bond donors (Lipinski definition) is 1. The van der Waals surface area contributed by atoms with Crippen LogP contribution in [0, 0.1) is 0 Å². The van der Waals surface area contributed by atoms with Gasteiger partial charge in [0.25, 0.3) is 0 Å². The highest BCUT2D eigenvalue weighted by molar-refractivity contribution is 7.91. The van der Waals surface area contributed by atoms with E-state index in [0.717, 1.165) is 0 Å². The summed E-state index contributed by atoms with van der Waals surface area (Å²) in [5.74, 6) is -0.0951. The third-order valence-corrected chi connectivity index (χ3v) is 4.93. The van der Waals surface area contributed by atoms with E-state index in [4.69, 9.17) is 5.73 Å². The summed E-state index contributed by atoms with van der Waals surface area (Å²) >= 11 is 0. The molecule has 1 aromatic rings. The molecule has 1 amide bonds. The van der Waals surface area contributed by atoms with Crippen LogP contribution in [0.2, 0.25) is 0 Å². The van der Waals surface area contributed by atoms with Crippen molar-refractivity contribution in [2.75, 3.05) is 24.6 Å². The third-order valence-electron chi connectivity index (χ3n) is 3.22. The summed E-state index contributed by atoms with van der Waals surface area (Å²) < 4.78 is 24.6. The first-order chi connectivity index (χ1) is 8.89. The highest BCUT2D eigenvalue weighted by atomic mass is 32.2. The molecule has 0 bridgehead atoms. The molecule has 2 heterocycles. The zero-order valence-corrected chi connectivity index (χ0v) is 11.6. The number of nitrogens with zero attached hydrogens (tertiary/aromatic N) is 3. The Hall–Kier alpha value is -1.41. The number of carbonyl (C=O) groups is 1. The average Bonchev–Trinajstić information content (AvgIpc) is 2.69. The van der Waals surface area contributed by atoms with Gasteiger partial charge in [-0.05, 0) is 6.42 Å². The molecule has 0 saturated carbocycles. The Balaban J connectivity index is 2.07. The van der Waals surface area contributed by atoms with Crippen LogP contribution in [0.25, 0.3) is 0 Å².